The molecular weight excluding hydrogens is 226 g/mol. The van der Waals surface area contributed by atoms with Crippen LogP contribution in [0.15, 0.2) is 6.07 Å². The van der Waals surface area contributed by atoms with E-state index in [1.54, 1.807) is 0 Å². The number of anilines is 1. The Morgan fingerprint density at radius 1 is 1.33 bits per heavy atom. The van der Waals surface area contributed by atoms with Crippen molar-refractivity contribution in [2.45, 2.75) is 39.5 Å². The van der Waals surface area contributed by atoms with Gasteiger partial charge in [-0.25, -0.2) is 9.97 Å². The number of nitrogens with one attached hydrogen (secondary N) is 1. The molecule has 1 aliphatic rings. The number of aryl methyl sites for hydroxylation is 1. The molecule has 0 unspecified atom stereocenters. The molecule has 0 saturated carbocycles. The minimum atomic E-state index is 0.369. The van der Waals surface area contributed by atoms with E-state index in [1.807, 2.05) is 13.0 Å². The van der Waals surface area contributed by atoms with E-state index >= 15 is 0 Å². The van der Waals surface area contributed by atoms with Gasteiger partial charge in [0.1, 0.15) is 11.6 Å². The Bertz CT molecular complexity index is 387. The predicted molar refractivity (Wildman–Crippen MR) is 72.9 cm³/mol. The van der Waals surface area contributed by atoms with Crippen molar-refractivity contribution >= 4 is 5.82 Å². The number of hydrogen-bond acceptors (Lipinski definition) is 4. The van der Waals surface area contributed by atoms with Crippen LogP contribution in [0.1, 0.15) is 44.1 Å². The minimum Gasteiger partial charge on any atom is -0.381 e. The number of rotatable bonds is 4. The molecule has 0 spiro atoms. The molecule has 0 radical (unpaired) electrons. The third-order valence-corrected chi connectivity index (χ3v) is 3.30. The molecule has 1 aromatic heterocycles. The van der Waals surface area contributed by atoms with Gasteiger partial charge in [0.2, 0.25) is 0 Å². The first kappa shape index (κ1) is 13.3. The van der Waals surface area contributed by atoms with E-state index in [4.69, 9.17) is 4.74 Å². The lowest BCUT2D eigenvalue weighted by molar-refractivity contribution is 0.0699. The number of hydrogen-bond donors (Lipinski definition) is 1. The van der Waals surface area contributed by atoms with Crippen molar-refractivity contribution < 1.29 is 4.74 Å². The monoisotopic (exact) mass is 249 g/mol. The van der Waals surface area contributed by atoms with Gasteiger partial charge in [-0.15, -0.1) is 0 Å². The highest BCUT2D eigenvalue weighted by Gasteiger charge is 2.14. The van der Waals surface area contributed by atoms with E-state index in [9.17, 15) is 0 Å². The third-order valence-electron chi connectivity index (χ3n) is 3.30. The largest absolute Gasteiger partial charge is 0.381 e. The zero-order valence-corrected chi connectivity index (χ0v) is 11.6. The second kappa shape index (κ2) is 6.14. The van der Waals surface area contributed by atoms with Crippen LogP contribution >= 0.6 is 0 Å². The summed E-state index contributed by atoms with van der Waals surface area (Å²) in [5.41, 5.74) is 1.03. The number of ether oxygens (including phenoxy) is 1. The van der Waals surface area contributed by atoms with E-state index < -0.39 is 0 Å². The summed E-state index contributed by atoms with van der Waals surface area (Å²) in [7, 11) is 0. The average molecular weight is 249 g/mol. The van der Waals surface area contributed by atoms with Crippen molar-refractivity contribution in [2.24, 2.45) is 5.92 Å². The van der Waals surface area contributed by atoms with Gasteiger partial charge in [0, 0.05) is 37.4 Å². The molecule has 100 valence electrons. The van der Waals surface area contributed by atoms with Crippen LogP contribution in [0.25, 0.3) is 0 Å². The summed E-state index contributed by atoms with van der Waals surface area (Å²) in [6, 6.07) is 2.02. The lowest BCUT2D eigenvalue weighted by atomic mass is 10.0. The fourth-order valence-corrected chi connectivity index (χ4v) is 2.14. The summed E-state index contributed by atoms with van der Waals surface area (Å²) in [6.07, 6.45) is 2.29. The first-order chi connectivity index (χ1) is 8.65. The van der Waals surface area contributed by atoms with Crippen molar-refractivity contribution in [1.82, 2.24) is 9.97 Å². The molecule has 0 aromatic carbocycles. The lowest BCUT2D eigenvalue weighted by Crippen LogP contribution is -2.23. The first-order valence-electron chi connectivity index (χ1n) is 6.82. The Hall–Kier alpha value is -1.16. The predicted octanol–water partition coefficient (Wildman–Crippen LogP) is 2.75. The highest BCUT2D eigenvalue weighted by Crippen LogP contribution is 2.17. The molecule has 0 amide bonds. The molecule has 1 saturated heterocycles. The molecule has 2 heterocycles. The fraction of sp³-hybridized carbons (Fsp3) is 0.714. The maximum atomic E-state index is 5.37. The highest BCUT2D eigenvalue weighted by atomic mass is 16.5. The van der Waals surface area contributed by atoms with Gasteiger partial charge in [-0.3, -0.25) is 0 Å². The first-order valence-corrected chi connectivity index (χ1v) is 6.82. The summed E-state index contributed by atoms with van der Waals surface area (Å²) in [5.74, 6) is 2.95. The lowest BCUT2D eigenvalue weighted by Gasteiger charge is -2.22. The maximum absolute atomic E-state index is 5.37. The number of aromatic nitrogens is 2. The summed E-state index contributed by atoms with van der Waals surface area (Å²) < 4.78 is 5.37. The van der Waals surface area contributed by atoms with Crippen LogP contribution < -0.4 is 5.32 Å². The molecule has 2 rings (SSSR count). The summed E-state index contributed by atoms with van der Waals surface area (Å²) in [6.45, 7) is 9.04. The molecule has 1 fully saturated rings. The van der Waals surface area contributed by atoms with Gasteiger partial charge in [0.15, 0.2) is 0 Å². The standard InChI is InChI=1S/C14H23N3O/c1-10(2)14-16-11(3)8-13(17-14)15-9-12-4-6-18-7-5-12/h8,10,12H,4-7,9H2,1-3H3,(H,15,16,17). The summed E-state index contributed by atoms with van der Waals surface area (Å²) in [5, 5.41) is 3.44. The fourth-order valence-electron chi connectivity index (χ4n) is 2.14. The molecular formula is C14H23N3O. The Morgan fingerprint density at radius 2 is 2.06 bits per heavy atom. The molecule has 0 bridgehead atoms. The van der Waals surface area contributed by atoms with E-state index in [0.717, 1.165) is 49.9 Å². The quantitative estimate of drug-likeness (QED) is 0.891. The summed E-state index contributed by atoms with van der Waals surface area (Å²) >= 11 is 0. The maximum Gasteiger partial charge on any atom is 0.133 e. The zero-order valence-electron chi connectivity index (χ0n) is 11.6. The smallest absolute Gasteiger partial charge is 0.133 e. The van der Waals surface area contributed by atoms with Crippen molar-refractivity contribution in [3.63, 3.8) is 0 Å². The van der Waals surface area contributed by atoms with Gasteiger partial charge >= 0.3 is 0 Å². The van der Waals surface area contributed by atoms with Gasteiger partial charge < -0.3 is 10.1 Å². The molecule has 0 aliphatic carbocycles. The van der Waals surface area contributed by atoms with Crippen LogP contribution in [-0.2, 0) is 4.74 Å². The SMILES string of the molecule is Cc1cc(NCC2CCOCC2)nc(C(C)C)n1. The molecule has 1 N–H and O–H groups in total. The van der Waals surface area contributed by atoms with Crippen molar-refractivity contribution in [1.29, 1.82) is 0 Å². The second-order valence-corrected chi connectivity index (χ2v) is 5.34. The normalized spacial score (nSPS) is 17.1. The highest BCUT2D eigenvalue weighted by molar-refractivity contribution is 5.36. The van der Waals surface area contributed by atoms with Gasteiger partial charge in [-0.2, -0.15) is 0 Å². The Kier molecular flexibility index (Phi) is 4.53. The molecule has 1 aliphatic heterocycles. The van der Waals surface area contributed by atoms with Gasteiger partial charge in [-0.05, 0) is 25.7 Å². The van der Waals surface area contributed by atoms with Gasteiger partial charge in [0.05, 0.1) is 0 Å². The molecule has 1 aromatic rings. The second-order valence-electron chi connectivity index (χ2n) is 5.34. The van der Waals surface area contributed by atoms with Crippen LogP contribution in [0, 0.1) is 12.8 Å². The Morgan fingerprint density at radius 3 is 2.72 bits per heavy atom. The van der Waals surface area contributed by atoms with E-state index in [2.05, 4.69) is 29.1 Å². The third kappa shape index (κ3) is 3.67. The number of nitrogens with zero attached hydrogens (tertiary/aromatic N) is 2. The van der Waals surface area contributed by atoms with Crippen LogP contribution in [0.5, 0.6) is 0 Å². The van der Waals surface area contributed by atoms with E-state index in [1.165, 1.54) is 0 Å². The summed E-state index contributed by atoms with van der Waals surface area (Å²) in [4.78, 5) is 9.02. The van der Waals surface area contributed by atoms with Crippen LogP contribution in [-0.4, -0.2) is 29.7 Å². The minimum absolute atomic E-state index is 0.369. The Labute approximate surface area is 109 Å². The average Bonchev–Trinajstić information content (AvgIpc) is 2.37. The van der Waals surface area contributed by atoms with E-state index in [0.29, 0.717) is 11.8 Å². The molecule has 4 heteroatoms. The zero-order chi connectivity index (χ0) is 13.0. The van der Waals surface area contributed by atoms with Crippen molar-refractivity contribution in [2.75, 3.05) is 25.1 Å². The van der Waals surface area contributed by atoms with Crippen LogP contribution in [0.2, 0.25) is 0 Å². The van der Waals surface area contributed by atoms with Gasteiger partial charge in [0.25, 0.3) is 0 Å². The molecule has 0 atom stereocenters. The van der Waals surface area contributed by atoms with Crippen LogP contribution in [0.3, 0.4) is 0 Å². The van der Waals surface area contributed by atoms with Crippen LogP contribution in [0.4, 0.5) is 5.82 Å². The Balaban J connectivity index is 1.95. The molecule has 18 heavy (non-hydrogen) atoms. The molecule has 4 nitrogen and oxygen atoms in total. The van der Waals surface area contributed by atoms with Crippen molar-refractivity contribution in [3.8, 4) is 0 Å². The topological polar surface area (TPSA) is 47.0 Å². The van der Waals surface area contributed by atoms with Gasteiger partial charge in [-0.1, -0.05) is 13.8 Å². The van der Waals surface area contributed by atoms with Crippen molar-refractivity contribution in [3.05, 3.63) is 17.6 Å². The van der Waals surface area contributed by atoms with E-state index in [-0.39, 0.29) is 0 Å².